The van der Waals surface area contributed by atoms with Crippen LogP contribution in [0.5, 0.6) is 23.5 Å². The lowest BCUT2D eigenvalue weighted by Crippen LogP contribution is -2.17. The maximum atomic E-state index is 12.1. The number of rotatable bonds is 18. The fourth-order valence-corrected chi connectivity index (χ4v) is 7.69. The van der Waals surface area contributed by atoms with Gasteiger partial charge in [0.05, 0.1) is 0 Å². The van der Waals surface area contributed by atoms with Crippen molar-refractivity contribution in [2.45, 2.75) is 117 Å². The minimum absolute atomic E-state index is 0.451. The molecule has 0 amide bonds. The number of aryl methyl sites for hydroxylation is 4. The standard InChI is InChI=1S/C17H18F3NO.C16H16F3NO.C15H14F3NO.C14H12F3NO/c1-2-3-4-5-13-6-8-14(9-7-13)15-10-11-16(21-12-15)22-17(18,19)20;1-2-3-4-12-5-7-13(8-6-12)14-9-10-15(20-11-14)21-16(17,18)19;1-2-3-11-4-6-12(7-5-11)13-8-9-14(19-10-13)20-15(16,17)18;1-2-10-3-5-11(6-4-10)12-7-8-13(18-9-12)19-14(15,16)17/h6-12H,2-5H2,1H3;5-11H,2-4H2,1H3;4-10H,2-3H2,1H3;3-9H,2H2,1H3. The number of halogens is 12. The van der Waals surface area contributed by atoms with Gasteiger partial charge in [-0.15, -0.1) is 52.7 Å². The van der Waals surface area contributed by atoms with E-state index in [9.17, 15) is 52.7 Å². The van der Waals surface area contributed by atoms with Crippen LogP contribution in [0.3, 0.4) is 0 Å². The van der Waals surface area contributed by atoms with E-state index in [-0.39, 0.29) is 0 Å². The monoisotopic (exact) mass is 1150 g/mol. The van der Waals surface area contributed by atoms with Gasteiger partial charge < -0.3 is 18.9 Å². The van der Waals surface area contributed by atoms with Crippen LogP contribution in [0.2, 0.25) is 0 Å². The number of alkyl halides is 12. The van der Waals surface area contributed by atoms with Crippen molar-refractivity contribution in [1.82, 2.24) is 19.9 Å². The van der Waals surface area contributed by atoms with Crippen LogP contribution in [0.15, 0.2) is 170 Å². The third kappa shape index (κ3) is 24.3. The number of benzene rings is 4. The van der Waals surface area contributed by atoms with Crippen molar-refractivity contribution in [3.63, 3.8) is 0 Å². The van der Waals surface area contributed by atoms with Crippen LogP contribution in [0.25, 0.3) is 44.5 Å². The molecule has 8 aromatic rings. The quantitative estimate of drug-likeness (QED) is 0.0620. The molecular formula is C62H60F12N4O4. The van der Waals surface area contributed by atoms with Crippen LogP contribution in [0.1, 0.15) is 88.5 Å². The van der Waals surface area contributed by atoms with Gasteiger partial charge in [-0.05, 0) is 107 Å². The first kappa shape index (κ1) is 64.7. The molecule has 436 valence electrons. The fourth-order valence-electron chi connectivity index (χ4n) is 7.69. The average molecular weight is 1150 g/mol. The molecular weight excluding hydrogens is 1090 g/mol. The summed E-state index contributed by atoms with van der Waals surface area (Å²) in [6.07, 6.45) is -2.39. The third-order valence-electron chi connectivity index (χ3n) is 11.8. The second-order valence-electron chi connectivity index (χ2n) is 18.2. The number of unbranched alkanes of at least 4 members (excludes halogenated alkanes) is 3. The van der Waals surface area contributed by atoms with Crippen molar-refractivity contribution in [2.75, 3.05) is 0 Å². The highest BCUT2D eigenvalue weighted by atomic mass is 19.4. The van der Waals surface area contributed by atoms with Crippen molar-refractivity contribution in [1.29, 1.82) is 0 Å². The van der Waals surface area contributed by atoms with Gasteiger partial charge in [-0.3, -0.25) is 0 Å². The SMILES string of the molecule is CCCCCc1ccc(-c2ccc(OC(F)(F)F)nc2)cc1.CCCCc1ccc(-c2ccc(OC(F)(F)F)nc2)cc1.CCCc1ccc(-c2ccc(OC(F)(F)F)nc2)cc1.CCc1ccc(-c2ccc(OC(F)(F)F)nc2)cc1. The van der Waals surface area contributed by atoms with Gasteiger partial charge in [0, 0.05) is 71.3 Å². The van der Waals surface area contributed by atoms with E-state index in [1.165, 1.54) is 90.6 Å². The molecule has 20 heteroatoms. The van der Waals surface area contributed by atoms with Crippen LogP contribution in [-0.4, -0.2) is 45.4 Å². The fraction of sp³-hybridized carbons (Fsp3) is 0.290. The lowest BCUT2D eigenvalue weighted by Gasteiger charge is -2.08. The summed E-state index contributed by atoms with van der Waals surface area (Å²) in [5.41, 5.74) is 11.6. The van der Waals surface area contributed by atoms with Gasteiger partial charge in [0.15, 0.2) is 0 Å². The summed E-state index contributed by atoms with van der Waals surface area (Å²) in [6, 6.07) is 42.8. The second kappa shape index (κ2) is 31.2. The maximum absolute atomic E-state index is 12.1. The highest BCUT2D eigenvalue weighted by molar-refractivity contribution is 5.65. The Bertz CT molecular complexity index is 3060. The van der Waals surface area contributed by atoms with Gasteiger partial charge in [-0.1, -0.05) is 150 Å². The molecule has 8 nitrogen and oxygen atoms in total. The van der Waals surface area contributed by atoms with Crippen molar-refractivity contribution in [2.24, 2.45) is 0 Å². The Labute approximate surface area is 468 Å². The minimum atomic E-state index is -4.71. The zero-order valence-corrected chi connectivity index (χ0v) is 45.2. The van der Waals surface area contributed by atoms with E-state index in [1.807, 2.05) is 97.1 Å². The molecule has 4 aromatic carbocycles. The Hall–Kier alpha value is -8.16. The van der Waals surface area contributed by atoms with Gasteiger partial charge in [0.2, 0.25) is 23.5 Å². The molecule has 4 aromatic heterocycles. The largest absolute Gasteiger partial charge is 0.574 e. The molecule has 0 aliphatic rings. The van der Waals surface area contributed by atoms with E-state index in [1.54, 1.807) is 24.3 Å². The first-order valence-corrected chi connectivity index (χ1v) is 26.2. The smallest absolute Gasteiger partial charge is 0.388 e. The van der Waals surface area contributed by atoms with Crippen LogP contribution in [0, 0.1) is 0 Å². The summed E-state index contributed by atoms with van der Waals surface area (Å²) in [7, 11) is 0. The number of ether oxygens (including phenoxy) is 4. The highest BCUT2D eigenvalue weighted by Gasteiger charge is 2.34. The van der Waals surface area contributed by atoms with E-state index in [2.05, 4.69) is 66.6 Å². The Morgan fingerprint density at radius 3 is 0.732 bits per heavy atom. The van der Waals surface area contributed by atoms with Crippen molar-refractivity contribution in [3.8, 4) is 68.0 Å². The summed E-state index contributed by atoms with van der Waals surface area (Å²) in [6.45, 7) is 8.48. The van der Waals surface area contributed by atoms with E-state index < -0.39 is 49.0 Å². The molecule has 0 saturated carbocycles. The van der Waals surface area contributed by atoms with E-state index in [4.69, 9.17) is 0 Å². The van der Waals surface area contributed by atoms with Crippen LogP contribution in [0.4, 0.5) is 52.7 Å². The Morgan fingerprint density at radius 1 is 0.268 bits per heavy atom. The van der Waals surface area contributed by atoms with Gasteiger partial charge in [-0.2, -0.15) is 0 Å². The average Bonchev–Trinajstić information content (AvgIpc) is 3.45. The maximum Gasteiger partial charge on any atom is 0.574 e. The molecule has 82 heavy (non-hydrogen) atoms. The predicted octanol–water partition coefficient (Wildman–Crippen LogP) is 19.2. The van der Waals surface area contributed by atoms with E-state index in [0.29, 0.717) is 0 Å². The van der Waals surface area contributed by atoms with Crippen molar-refractivity contribution >= 4 is 0 Å². The second-order valence-corrected chi connectivity index (χ2v) is 18.2. The summed E-state index contributed by atoms with van der Waals surface area (Å²) in [5, 5.41) is 0. The van der Waals surface area contributed by atoms with Gasteiger partial charge in [0.1, 0.15) is 0 Å². The van der Waals surface area contributed by atoms with Gasteiger partial charge >= 0.3 is 25.4 Å². The molecule has 0 spiro atoms. The molecule has 0 unspecified atom stereocenters. The lowest BCUT2D eigenvalue weighted by molar-refractivity contribution is -0.277. The van der Waals surface area contributed by atoms with Gasteiger partial charge in [-0.25, -0.2) is 19.9 Å². The summed E-state index contributed by atoms with van der Waals surface area (Å²) in [4.78, 5) is 14.6. The normalized spacial score (nSPS) is 11.4. The predicted molar refractivity (Wildman–Crippen MR) is 291 cm³/mol. The topological polar surface area (TPSA) is 88.5 Å². The summed E-state index contributed by atoms with van der Waals surface area (Å²) < 4.78 is 159. The first-order chi connectivity index (χ1) is 38.9. The summed E-state index contributed by atoms with van der Waals surface area (Å²) >= 11 is 0. The molecule has 8 rings (SSSR count). The summed E-state index contributed by atoms with van der Waals surface area (Å²) in [5.74, 6) is -1.82. The highest BCUT2D eigenvalue weighted by Crippen LogP contribution is 2.29. The van der Waals surface area contributed by atoms with E-state index >= 15 is 0 Å². The molecule has 0 bridgehead atoms. The number of hydrogen-bond acceptors (Lipinski definition) is 8. The number of hydrogen-bond donors (Lipinski definition) is 0. The van der Waals surface area contributed by atoms with Crippen molar-refractivity contribution < 1.29 is 71.6 Å². The molecule has 0 fully saturated rings. The molecule has 0 aliphatic carbocycles. The Kier molecular flexibility index (Phi) is 24.6. The zero-order valence-electron chi connectivity index (χ0n) is 45.2. The number of nitrogens with zero attached hydrogens (tertiary/aromatic N) is 4. The van der Waals surface area contributed by atoms with Crippen LogP contribution < -0.4 is 18.9 Å². The number of aromatic nitrogens is 4. The zero-order chi connectivity index (χ0) is 59.8. The number of pyridine rings is 4. The van der Waals surface area contributed by atoms with Gasteiger partial charge in [0.25, 0.3) is 0 Å². The third-order valence-corrected chi connectivity index (χ3v) is 11.8. The molecule has 0 radical (unpaired) electrons. The molecule has 4 heterocycles. The Morgan fingerprint density at radius 2 is 0.512 bits per heavy atom. The Balaban J connectivity index is 0.000000201. The van der Waals surface area contributed by atoms with Crippen molar-refractivity contribution in [3.05, 3.63) is 193 Å². The molecule has 0 N–H and O–H groups in total. The minimum Gasteiger partial charge on any atom is -0.388 e. The lowest BCUT2D eigenvalue weighted by atomic mass is 10.0. The molecule has 0 saturated heterocycles. The first-order valence-electron chi connectivity index (χ1n) is 26.2. The van der Waals surface area contributed by atoms with Crippen LogP contribution >= 0.6 is 0 Å². The van der Waals surface area contributed by atoms with Crippen LogP contribution in [-0.2, 0) is 25.7 Å². The molecule has 0 aliphatic heterocycles. The van der Waals surface area contributed by atoms with E-state index in [0.717, 1.165) is 89.5 Å². The molecule has 0 atom stereocenters.